The first-order valence-electron chi connectivity index (χ1n) is 10.2. The minimum Gasteiger partial charge on any atom is -0.396 e. The van der Waals surface area contributed by atoms with E-state index in [0.717, 1.165) is 0 Å². The molecule has 0 heterocycles. The van der Waals surface area contributed by atoms with Gasteiger partial charge in [0.2, 0.25) is 0 Å². The Hall–Kier alpha value is -0.960. The zero-order valence-corrected chi connectivity index (χ0v) is 20.1. The maximum atomic E-state index is 13.8. The molecular formula is C18H21F17O3S. The molecule has 236 valence electrons. The zero-order valence-electron chi connectivity index (χ0n) is 19.3. The number of rotatable bonds is 17. The Balaban J connectivity index is 5.67. The van der Waals surface area contributed by atoms with Crippen molar-refractivity contribution in [2.24, 2.45) is 5.41 Å². The van der Waals surface area contributed by atoms with Crippen LogP contribution in [0.25, 0.3) is 0 Å². The van der Waals surface area contributed by atoms with Crippen LogP contribution in [0, 0.1) is 5.41 Å². The van der Waals surface area contributed by atoms with Crippen molar-refractivity contribution in [3.63, 3.8) is 0 Å². The van der Waals surface area contributed by atoms with Crippen LogP contribution in [0.15, 0.2) is 0 Å². The molecule has 0 aromatic carbocycles. The quantitative estimate of drug-likeness (QED) is 0.141. The van der Waals surface area contributed by atoms with Crippen molar-refractivity contribution in [1.82, 2.24) is 0 Å². The van der Waals surface area contributed by atoms with Gasteiger partial charge in [-0.05, 0) is 18.6 Å². The Labute approximate surface area is 213 Å². The second kappa shape index (κ2) is 12.1. The average molecular weight is 640 g/mol. The highest BCUT2D eigenvalue weighted by atomic mass is 32.2. The molecule has 0 saturated heterocycles. The number of thioether (sulfide) groups is 1. The second-order valence-electron chi connectivity index (χ2n) is 8.28. The maximum Gasteiger partial charge on any atom is 0.460 e. The van der Waals surface area contributed by atoms with Gasteiger partial charge in [-0.2, -0.15) is 86.4 Å². The Morgan fingerprint density at radius 2 is 0.974 bits per heavy atom. The summed E-state index contributed by atoms with van der Waals surface area (Å²) in [5, 5.41) is 18.4. The molecule has 0 spiro atoms. The van der Waals surface area contributed by atoms with Gasteiger partial charge in [-0.1, -0.05) is 6.92 Å². The Kier molecular flexibility index (Phi) is 11.8. The molecule has 0 saturated carbocycles. The minimum atomic E-state index is -8.64. The molecule has 0 atom stereocenters. The summed E-state index contributed by atoms with van der Waals surface area (Å²) in [7, 11) is 0. The first-order valence-corrected chi connectivity index (χ1v) is 11.4. The van der Waals surface area contributed by atoms with E-state index in [4.69, 9.17) is 4.74 Å². The lowest BCUT2D eigenvalue weighted by Gasteiger charge is -2.42. The zero-order chi connectivity index (χ0) is 31.6. The lowest BCUT2D eigenvalue weighted by Crippen LogP contribution is -2.74. The fourth-order valence-corrected chi connectivity index (χ4v) is 3.41. The molecule has 0 radical (unpaired) electrons. The number of halogens is 17. The van der Waals surface area contributed by atoms with Crippen LogP contribution in [0.2, 0.25) is 0 Å². The van der Waals surface area contributed by atoms with Crippen LogP contribution in [0.3, 0.4) is 0 Å². The van der Waals surface area contributed by atoms with Gasteiger partial charge in [-0.25, -0.2) is 0 Å². The van der Waals surface area contributed by atoms with E-state index in [-0.39, 0.29) is 37.8 Å². The third-order valence-corrected chi connectivity index (χ3v) is 6.62. The van der Waals surface area contributed by atoms with Gasteiger partial charge in [0.25, 0.3) is 0 Å². The van der Waals surface area contributed by atoms with E-state index in [9.17, 15) is 84.9 Å². The lowest BCUT2D eigenvalue weighted by molar-refractivity contribution is -0.460. The summed E-state index contributed by atoms with van der Waals surface area (Å²) < 4.78 is 229. The molecule has 0 rings (SSSR count). The highest BCUT2D eigenvalue weighted by Gasteiger charge is 2.95. The number of ether oxygens (including phenoxy) is 1. The van der Waals surface area contributed by atoms with Crippen molar-refractivity contribution in [3.05, 3.63) is 0 Å². The third kappa shape index (κ3) is 6.60. The molecule has 0 aromatic rings. The van der Waals surface area contributed by atoms with Gasteiger partial charge in [0.1, 0.15) is 0 Å². The van der Waals surface area contributed by atoms with Crippen LogP contribution < -0.4 is 0 Å². The molecule has 39 heavy (non-hydrogen) atoms. The smallest absolute Gasteiger partial charge is 0.396 e. The van der Waals surface area contributed by atoms with Crippen molar-refractivity contribution in [2.45, 2.75) is 67.4 Å². The molecule has 0 amide bonds. The predicted octanol–water partition coefficient (Wildman–Crippen LogP) is 6.52. The molecule has 2 N–H and O–H groups in total. The Morgan fingerprint density at radius 1 is 0.590 bits per heavy atom. The van der Waals surface area contributed by atoms with Gasteiger partial charge in [0, 0.05) is 12.0 Å². The normalized spacial score (nSPS) is 15.7. The third-order valence-electron chi connectivity index (χ3n) is 5.48. The van der Waals surface area contributed by atoms with Crippen molar-refractivity contribution in [3.8, 4) is 0 Å². The van der Waals surface area contributed by atoms with Crippen molar-refractivity contribution < 1.29 is 89.6 Å². The number of aliphatic hydroxyl groups excluding tert-OH is 2. The van der Waals surface area contributed by atoms with Gasteiger partial charge in [0.15, 0.2) is 0 Å². The van der Waals surface area contributed by atoms with E-state index < -0.39 is 77.8 Å². The number of aliphatic hydroxyl groups is 2. The van der Waals surface area contributed by atoms with Crippen LogP contribution >= 0.6 is 11.8 Å². The van der Waals surface area contributed by atoms with Crippen LogP contribution in [0.4, 0.5) is 74.6 Å². The minimum absolute atomic E-state index is 0.202. The summed E-state index contributed by atoms with van der Waals surface area (Å²) in [6.45, 7) is -0.212. The molecule has 0 aliphatic heterocycles. The van der Waals surface area contributed by atoms with E-state index in [1.165, 1.54) is 0 Å². The lowest BCUT2D eigenvalue weighted by atomic mass is 9.88. The predicted molar refractivity (Wildman–Crippen MR) is 100 cm³/mol. The highest BCUT2D eigenvalue weighted by molar-refractivity contribution is 7.99. The Morgan fingerprint density at radius 3 is 1.33 bits per heavy atom. The summed E-state index contributed by atoms with van der Waals surface area (Å²) in [5.41, 5.74) is -1.11. The van der Waals surface area contributed by atoms with E-state index in [1.807, 2.05) is 0 Å². The van der Waals surface area contributed by atoms with Crippen molar-refractivity contribution in [1.29, 1.82) is 0 Å². The number of alkyl halides is 17. The van der Waals surface area contributed by atoms with Gasteiger partial charge >= 0.3 is 47.6 Å². The van der Waals surface area contributed by atoms with E-state index >= 15 is 0 Å². The molecule has 3 nitrogen and oxygen atoms in total. The first-order chi connectivity index (χ1) is 17.1. The molecular weight excluding hydrogens is 619 g/mol. The Bertz CT molecular complexity index is 773. The van der Waals surface area contributed by atoms with Crippen LogP contribution in [0.1, 0.15) is 19.8 Å². The summed E-state index contributed by atoms with van der Waals surface area (Å²) in [6.07, 6.45) is -7.92. The largest absolute Gasteiger partial charge is 0.460 e. The van der Waals surface area contributed by atoms with E-state index in [2.05, 4.69) is 0 Å². The molecule has 0 aliphatic carbocycles. The monoisotopic (exact) mass is 640 g/mol. The van der Waals surface area contributed by atoms with Gasteiger partial charge in [-0.15, -0.1) is 0 Å². The molecule has 0 unspecified atom stereocenters. The van der Waals surface area contributed by atoms with E-state index in [1.54, 1.807) is 6.92 Å². The highest BCUT2D eigenvalue weighted by Crippen LogP contribution is 2.64. The number of hydrogen-bond acceptors (Lipinski definition) is 4. The van der Waals surface area contributed by atoms with Gasteiger partial charge in [-0.3, -0.25) is 0 Å². The van der Waals surface area contributed by atoms with Gasteiger partial charge in [0.05, 0.1) is 25.6 Å². The summed E-state index contributed by atoms with van der Waals surface area (Å²) in [4.78, 5) is 0. The summed E-state index contributed by atoms with van der Waals surface area (Å²) >= 11 is -0.382. The van der Waals surface area contributed by atoms with Crippen molar-refractivity contribution >= 4 is 11.8 Å². The fourth-order valence-electron chi connectivity index (χ4n) is 2.51. The molecule has 0 fully saturated rings. The average Bonchev–Trinajstić information content (AvgIpc) is 2.79. The van der Waals surface area contributed by atoms with Crippen molar-refractivity contribution in [2.75, 3.05) is 37.9 Å². The fraction of sp³-hybridized carbons (Fsp3) is 1.00. The van der Waals surface area contributed by atoms with Crippen LogP contribution in [-0.4, -0.2) is 95.8 Å². The maximum absolute atomic E-state index is 13.8. The van der Waals surface area contributed by atoms with Gasteiger partial charge < -0.3 is 14.9 Å². The molecule has 21 heteroatoms. The van der Waals surface area contributed by atoms with Crippen LogP contribution in [-0.2, 0) is 4.74 Å². The SMILES string of the molecule is CCC(CO)(CO)COCCCSCC(F)(F)C(F)(F)C(F)(F)C(F)(F)C(F)(F)C(F)(F)C(F)(F)C(F)(F)F. The first kappa shape index (κ1) is 38.0. The summed E-state index contributed by atoms with van der Waals surface area (Å²) in [5.74, 6) is -59.5. The molecule has 0 aromatic heterocycles. The topological polar surface area (TPSA) is 49.7 Å². The second-order valence-corrected chi connectivity index (χ2v) is 9.38. The van der Waals surface area contributed by atoms with E-state index in [0.29, 0.717) is 0 Å². The number of hydrogen-bond donors (Lipinski definition) is 2. The summed E-state index contributed by atoms with van der Waals surface area (Å²) in [6, 6.07) is 0. The standard InChI is InChI=1S/C18H21F17O3S/c1-2-10(6-36,7-37)8-38-4-3-5-39-9-11(19,20)12(21,22)13(23,24)14(25,26)15(27,28)16(29,30)17(31,32)18(33,34)35/h36-37H,2-9H2,1H3. The molecule has 0 aliphatic rings. The van der Waals surface area contributed by atoms with Crippen LogP contribution in [0.5, 0.6) is 0 Å². The molecule has 0 bridgehead atoms.